The topological polar surface area (TPSA) is 198 Å². The fourth-order valence-corrected chi connectivity index (χ4v) is 8.66. The first-order valence-corrected chi connectivity index (χ1v) is 22.0. The number of β-amino-alcohol motifs (C(OH)–C–C–N with tert-alkyl or cyclic N) is 2. The van der Waals surface area contributed by atoms with Crippen molar-refractivity contribution in [2.45, 2.75) is 43.7 Å². The lowest BCUT2D eigenvalue weighted by atomic mass is 10.1. The number of aromatic nitrogens is 1. The van der Waals surface area contributed by atoms with Crippen molar-refractivity contribution in [3.8, 4) is 0 Å². The number of carbonyl (C=O) groups is 4. The predicted octanol–water partition coefficient (Wildman–Crippen LogP) is 1.78. The van der Waals surface area contributed by atoms with E-state index in [0.29, 0.717) is 13.1 Å². The van der Waals surface area contributed by atoms with Crippen LogP contribution in [0.15, 0.2) is 103 Å². The van der Waals surface area contributed by atoms with Gasteiger partial charge in [-0.05, 0) is 59.4 Å². The molecule has 0 spiro atoms. The maximum absolute atomic E-state index is 12.7. The van der Waals surface area contributed by atoms with Gasteiger partial charge in [0.15, 0.2) is 18.6 Å². The zero-order chi connectivity index (χ0) is 42.9. The van der Waals surface area contributed by atoms with E-state index in [9.17, 15) is 39.6 Å². The van der Waals surface area contributed by atoms with E-state index in [4.69, 9.17) is 0 Å². The lowest BCUT2D eigenvalue weighted by Gasteiger charge is -2.17. The van der Waals surface area contributed by atoms with Crippen molar-refractivity contribution in [3.05, 3.63) is 120 Å². The number of nitrogens with one attached hydrogen (secondary N) is 3. The molecular formula is C44H52N6O8S2+2. The summed E-state index contributed by atoms with van der Waals surface area (Å²) < 4.78 is 1.63. The molecule has 2 aliphatic rings. The number of pyridine rings is 1. The van der Waals surface area contributed by atoms with Crippen LogP contribution in [-0.2, 0) is 25.7 Å². The summed E-state index contributed by atoms with van der Waals surface area (Å²) >= 11 is 0. The first-order chi connectivity index (χ1) is 28.9. The molecule has 60 heavy (non-hydrogen) atoms. The molecule has 2 amide bonds. The van der Waals surface area contributed by atoms with Crippen LogP contribution in [0.4, 0.5) is 11.4 Å². The molecular weight excluding hydrogens is 805 g/mol. The predicted molar refractivity (Wildman–Crippen MR) is 237 cm³/mol. The molecule has 3 aromatic rings. The molecule has 2 saturated heterocycles. The highest BCUT2D eigenvalue weighted by Gasteiger charge is 2.25. The molecule has 0 aliphatic carbocycles. The molecule has 16 heteroatoms. The van der Waals surface area contributed by atoms with Gasteiger partial charge in [0.05, 0.1) is 12.2 Å². The van der Waals surface area contributed by atoms with Crippen molar-refractivity contribution >= 4 is 81.2 Å². The summed E-state index contributed by atoms with van der Waals surface area (Å²) in [6.07, 6.45) is 17.1. The molecule has 0 bridgehead atoms. The summed E-state index contributed by atoms with van der Waals surface area (Å²) in [7, 11) is 2.16. The second-order valence-electron chi connectivity index (χ2n) is 14.3. The van der Waals surface area contributed by atoms with Crippen molar-refractivity contribution < 1.29 is 49.2 Å². The van der Waals surface area contributed by atoms with E-state index in [2.05, 4.69) is 32.0 Å². The summed E-state index contributed by atoms with van der Waals surface area (Å²) in [6, 6.07) is 17.4. The van der Waals surface area contributed by atoms with Crippen LogP contribution in [-0.4, -0.2) is 119 Å². The van der Waals surface area contributed by atoms with Crippen molar-refractivity contribution in [1.29, 1.82) is 0 Å². The number of nitrogens with zero attached hydrogens (tertiary/aromatic N) is 3. The van der Waals surface area contributed by atoms with Crippen LogP contribution in [0, 0.1) is 0 Å². The molecule has 2 fully saturated rings. The Morgan fingerprint density at radius 2 is 1.23 bits per heavy atom. The molecule has 5 rings (SSSR count). The van der Waals surface area contributed by atoms with Gasteiger partial charge in [-0.1, -0.05) is 82.8 Å². The number of aliphatic hydroxyl groups is 2. The smallest absolute Gasteiger partial charge is 0.327 e. The fourth-order valence-electron chi connectivity index (χ4n) is 6.35. The zero-order valence-electron chi connectivity index (χ0n) is 33.1. The average Bonchev–Trinajstić information content (AvgIpc) is 3.89. The largest absolute Gasteiger partial charge is 0.480 e. The van der Waals surface area contributed by atoms with Gasteiger partial charge in [0.1, 0.15) is 12.1 Å². The Morgan fingerprint density at radius 1 is 0.750 bits per heavy atom. The van der Waals surface area contributed by atoms with Crippen LogP contribution in [0.5, 0.6) is 0 Å². The van der Waals surface area contributed by atoms with Gasteiger partial charge in [-0.15, -0.1) is 0 Å². The number of hydrogen-bond acceptors (Lipinski definition) is 10. The molecule has 3 heterocycles. The van der Waals surface area contributed by atoms with E-state index in [1.165, 1.54) is 0 Å². The maximum atomic E-state index is 12.7. The summed E-state index contributed by atoms with van der Waals surface area (Å²) in [6.45, 7) is 6.50. The zero-order valence-corrected chi connectivity index (χ0v) is 34.8. The van der Waals surface area contributed by atoms with Gasteiger partial charge in [0.2, 0.25) is 13.1 Å². The number of aliphatic hydroxyl groups excluding tert-OH is 2. The molecule has 14 nitrogen and oxygen atoms in total. The number of rotatable bonds is 21. The van der Waals surface area contributed by atoms with Crippen molar-refractivity contribution in [1.82, 2.24) is 10.6 Å². The first-order valence-electron chi connectivity index (χ1n) is 19.5. The fraction of sp³-hybridized carbons (Fsp3) is 0.318. The van der Waals surface area contributed by atoms with Gasteiger partial charge in [0, 0.05) is 67.3 Å². The Kier molecular flexibility index (Phi) is 17.6. The van der Waals surface area contributed by atoms with Crippen LogP contribution in [0.25, 0.3) is 18.2 Å². The van der Waals surface area contributed by atoms with Crippen LogP contribution in [0.1, 0.15) is 29.5 Å². The average molecular weight is 857 g/mol. The minimum absolute atomic E-state index is 0.0285. The molecule has 2 aliphatic heterocycles. The molecule has 0 saturated carbocycles. The van der Waals surface area contributed by atoms with Gasteiger partial charge in [-0.25, -0.2) is 14.6 Å². The highest BCUT2D eigenvalue weighted by atomic mass is 33.1. The lowest BCUT2D eigenvalue weighted by molar-refractivity contribution is -0.684. The minimum atomic E-state index is -1.24. The number of carboxylic acid groups (broad SMARTS) is 2. The summed E-state index contributed by atoms with van der Waals surface area (Å²) in [5.74, 6) is -3.56. The van der Waals surface area contributed by atoms with E-state index in [1.54, 1.807) is 35.3 Å². The van der Waals surface area contributed by atoms with Gasteiger partial charge >= 0.3 is 11.9 Å². The Bertz CT molecular complexity index is 2060. The van der Waals surface area contributed by atoms with Gasteiger partial charge in [0.25, 0.3) is 11.8 Å². The molecule has 1 aromatic heterocycles. The van der Waals surface area contributed by atoms with E-state index in [1.807, 2.05) is 85.0 Å². The summed E-state index contributed by atoms with van der Waals surface area (Å²) in [5, 5.41) is 43.9. The van der Waals surface area contributed by atoms with E-state index >= 15 is 0 Å². The van der Waals surface area contributed by atoms with Crippen molar-refractivity contribution in [3.63, 3.8) is 0 Å². The van der Waals surface area contributed by atoms with Crippen molar-refractivity contribution in [2.24, 2.45) is 0 Å². The highest BCUT2D eigenvalue weighted by molar-refractivity contribution is 8.76. The van der Waals surface area contributed by atoms with Crippen LogP contribution in [0.2, 0.25) is 0 Å². The minimum Gasteiger partial charge on any atom is -0.480 e. The van der Waals surface area contributed by atoms with Crippen LogP contribution < -0.4 is 30.0 Å². The number of carbonyl (C=O) groups excluding carboxylic acids is 2. The van der Waals surface area contributed by atoms with Crippen molar-refractivity contribution in [2.75, 3.05) is 54.0 Å². The van der Waals surface area contributed by atoms with Gasteiger partial charge < -0.3 is 40.9 Å². The molecule has 316 valence electrons. The van der Waals surface area contributed by atoms with Crippen LogP contribution in [0.3, 0.4) is 0 Å². The maximum Gasteiger partial charge on any atom is 0.327 e. The summed E-state index contributed by atoms with van der Waals surface area (Å²) in [4.78, 5) is 56.1. The Morgan fingerprint density at radius 3 is 1.70 bits per heavy atom. The number of carboxylic acids is 2. The Hall–Kier alpha value is -5.68. The monoisotopic (exact) mass is 856 g/mol. The SMILES string of the molecule is C=CC(/C=C/c1ccc(N2CCC(O)C2)cc1)=C\C=[NH+]CC(=O)NC(CSSCC(NC(=O)C[n+]1ccc(/C=C/c2ccc(N3CCC(O)C3)cc2)cc1)C(=O)O)C(=O)O. The molecule has 4 atom stereocenters. The normalized spacial score (nSPS) is 18.0. The van der Waals surface area contributed by atoms with Gasteiger partial charge in [-0.3, -0.25) is 9.59 Å². The standard InChI is InChI=1S/C44H50N6O8S2/c1-2-31(3-4-32-7-11-35(12-8-32)49-23-18-37(51)26-49)15-20-45-25-41(53)46-39(43(55)56)29-59-60-30-40(44(57)58)47-42(54)28-48-21-16-34(17-22-48)6-5-33-9-13-36(14-10-33)50-24-19-38(52)27-50/h2-17,20-22,37-40,51-52H,1,18-19,23-30H2,(H3-,46,47,53,54,55,56,57,58)/p+2/b4-3+,31-15+,45-20?. The van der Waals surface area contributed by atoms with E-state index in [0.717, 1.165) is 81.2 Å². The number of aliphatic carboxylic acids is 2. The molecule has 4 unspecified atom stereocenters. The number of benzene rings is 2. The number of hydrogen-bond donors (Lipinski definition) is 7. The first kappa shape index (κ1) is 45.4. The van der Waals surface area contributed by atoms with E-state index < -0.39 is 35.8 Å². The third kappa shape index (κ3) is 14.9. The lowest BCUT2D eigenvalue weighted by Crippen LogP contribution is -2.73. The molecule has 2 aromatic carbocycles. The third-order valence-corrected chi connectivity index (χ3v) is 12.2. The highest BCUT2D eigenvalue weighted by Crippen LogP contribution is 2.24. The van der Waals surface area contributed by atoms with E-state index in [-0.39, 0.29) is 36.8 Å². The Balaban J connectivity index is 0.994. The van der Waals surface area contributed by atoms with Crippen LogP contribution >= 0.6 is 21.6 Å². The second kappa shape index (κ2) is 23.2. The number of allylic oxidation sites excluding steroid dienone is 4. The third-order valence-electron chi connectivity index (χ3n) is 9.73. The summed E-state index contributed by atoms with van der Waals surface area (Å²) in [5.41, 5.74) is 5.84. The molecule has 7 N–H and O–H groups in total. The molecule has 0 radical (unpaired) electrons. The number of amides is 2. The van der Waals surface area contributed by atoms with Gasteiger partial charge in [-0.2, -0.15) is 4.57 Å². The quantitative estimate of drug-likeness (QED) is 0.0270. The second-order valence-corrected chi connectivity index (χ2v) is 16.9. The Labute approximate surface area is 357 Å². The number of anilines is 2.